The van der Waals surface area contributed by atoms with Crippen molar-refractivity contribution in [2.75, 3.05) is 14.1 Å². The number of hydrogen-bond acceptors (Lipinski definition) is 3. The molecule has 0 bridgehead atoms. The molecule has 2 aromatic rings. The highest BCUT2D eigenvalue weighted by Gasteiger charge is 2.55. The van der Waals surface area contributed by atoms with Crippen LogP contribution in [-0.2, 0) is 20.7 Å². The third-order valence-corrected chi connectivity index (χ3v) is 6.83. The van der Waals surface area contributed by atoms with E-state index in [0.29, 0.717) is 6.42 Å². The minimum Gasteiger partial charge on any atom is -0.349 e. The predicted molar refractivity (Wildman–Crippen MR) is 132 cm³/mol. The second kappa shape index (κ2) is 9.68. The maximum Gasteiger partial charge on any atom is 0.228 e. The van der Waals surface area contributed by atoms with Crippen LogP contribution in [-0.4, -0.2) is 53.1 Å². The number of benzene rings is 2. The standard InChI is InChI=1S/C28H38N2O3/c1-20(23(19-25(31)29(6)7)22-16-12-9-13-17-22)26(32)30-24(18-21-14-10-8-11-15-21)27(2,3)33-28(30,4)5/h8-17,20,23-24H,18-19H2,1-7H3/t20-,23-,24+/m1/s1. The van der Waals surface area contributed by atoms with Gasteiger partial charge in [-0.1, -0.05) is 67.6 Å². The molecule has 1 saturated heterocycles. The highest BCUT2D eigenvalue weighted by atomic mass is 16.6. The third-order valence-electron chi connectivity index (χ3n) is 6.83. The van der Waals surface area contributed by atoms with Crippen molar-refractivity contribution in [1.82, 2.24) is 9.80 Å². The summed E-state index contributed by atoms with van der Waals surface area (Å²) in [4.78, 5) is 30.3. The van der Waals surface area contributed by atoms with Gasteiger partial charge in [0.25, 0.3) is 0 Å². The molecular formula is C28H38N2O3. The average Bonchev–Trinajstić information content (AvgIpc) is 2.95. The lowest BCUT2D eigenvalue weighted by Gasteiger charge is -2.38. The van der Waals surface area contributed by atoms with Gasteiger partial charge in [0.2, 0.25) is 11.8 Å². The summed E-state index contributed by atoms with van der Waals surface area (Å²) < 4.78 is 6.44. The SMILES string of the molecule is C[C@@H](C(=O)N1[C@@H](Cc2ccccc2)C(C)(C)OC1(C)C)[C@@H](CC(=O)N(C)C)c1ccccc1. The lowest BCUT2D eigenvalue weighted by atomic mass is 9.82. The summed E-state index contributed by atoms with van der Waals surface area (Å²) in [6.45, 7) is 10.00. The van der Waals surface area contributed by atoms with Gasteiger partial charge < -0.3 is 14.5 Å². The minimum absolute atomic E-state index is 0.0154. The number of ether oxygens (including phenoxy) is 1. The van der Waals surface area contributed by atoms with Crippen molar-refractivity contribution >= 4 is 11.8 Å². The second-order valence-electron chi connectivity index (χ2n) is 10.4. The zero-order chi connectivity index (χ0) is 24.4. The minimum atomic E-state index is -0.749. The Morgan fingerprint density at radius 1 is 0.970 bits per heavy atom. The van der Waals surface area contributed by atoms with Gasteiger partial charge in [-0.25, -0.2) is 0 Å². The van der Waals surface area contributed by atoms with E-state index in [4.69, 9.17) is 4.74 Å². The summed E-state index contributed by atoms with van der Waals surface area (Å²) in [6.07, 6.45) is 0.994. The van der Waals surface area contributed by atoms with Crippen LogP contribution in [0.3, 0.4) is 0 Å². The molecule has 0 radical (unpaired) electrons. The van der Waals surface area contributed by atoms with Crippen LogP contribution in [0.5, 0.6) is 0 Å². The fourth-order valence-electron chi connectivity index (χ4n) is 5.09. The van der Waals surface area contributed by atoms with Gasteiger partial charge in [-0.15, -0.1) is 0 Å². The van der Waals surface area contributed by atoms with Crippen LogP contribution in [0.1, 0.15) is 58.1 Å². The maximum atomic E-state index is 14.1. The van der Waals surface area contributed by atoms with E-state index in [1.54, 1.807) is 19.0 Å². The van der Waals surface area contributed by atoms with Crippen LogP contribution in [0.2, 0.25) is 0 Å². The highest BCUT2D eigenvalue weighted by molar-refractivity contribution is 5.83. The Bertz CT molecular complexity index is 954. The monoisotopic (exact) mass is 450 g/mol. The van der Waals surface area contributed by atoms with Crippen molar-refractivity contribution in [2.24, 2.45) is 5.92 Å². The first-order valence-corrected chi connectivity index (χ1v) is 11.8. The molecule has 5 heteroatoms. The molecule has 1 aliphatic rings. The van der Waals surface area contributed by atoms with Gasteiger partial charge in [0.05, 0.1) is 11.6 Å². The fraction of sp³-hybridized carbons (Fsp3) is 0.500. The first-order chi connectivity index (χ1) is 15.4. The number of carbonyl (C=O) groups excluding carboxylic acids is 2. The Morgan fingerprint density at radius 2 is 1.52 bits per heavy atom. The molecule has 5 nitrogen and oxygen atoms in total. The van der Waals surface area contributed by atoms with E-state index in [0.717, 1.165) is 5.56 Å². The zero-order valence-corrected chi connectivity index (χ0v) is 21.0. The fourth-order valence-corrected chi connectivity index (χ4v) is 5.09. The van der Waals surface area contributed by atoms with Gasteiger partial charge in [-0.3, -0.25) is 9.59 Å². The van der Waals surface area contributed by atoms with Crippen LogP contribution in [0.25, 0.3) is 0 Å². The normalized spacial score (nSPS) is 20.8. The summed E-state index contributed by atoms with van der Waals surface area (Å²) in [7, 11) is 3.51. The molecule has 0 unspecified atom stereocenters. The highest BCUT2D eigenvalue weighted by Crippen LogP contribution is 2.43. The van der Waals surface area contributed by atoms with Crippen LogP contribution in [0.15, 0.2) is 60.7 Å². The Kier molecular flexibility index (Phi) is 7.32. The van der Waals surface area contributed by atoms with Gasteiger partial charge in [-0.05, 0) is 45.2 Å². The van der Waals surface area contributed by atoms with Gasteiger partial charge in [0.1, 0.15) is 5.72 Å². The van der Waals surface area contributed by atoms with Crippen molar-refractivity contribution < 1.29 is 14.3 Å². The van der Waals surface area contributed by atoms with E-state index in [-0.39, 0.29) is 36.1 Å². The molecule has 0 N–H and O–H groups in total. The molecule has 0 saturated carbocycles. The van der Waals surface area contributed by atoms with E-state index >= 15 is 0 Å². The molecule has 3 rings (SSSR count). The van der Waals surface area contributed by atoms with E-state index in [2.05, 4.69) is 26.0 Å². The third kappa shape index (κ3) is 5.47. The van der Waals surface area contributed by atoms with Crippen molar-refractivity contribution in [3.05, 3.63) is 71.8 Å². The van der Waals surface area contributed by atoms with E-state index in [9.17, 15) is 9.59 Å². The predicted octanol–water partition coefficient (Wildman–Crippen LogP) is 4.87. The van der Waals surface area contributed by atoms with Crippen molar-refractivity contribution in [3.8, 4) is 0 Å². The number of nitrogens with zero attached hydrogens (tertiary/aromatic N) is 2. The molecule has 3 atom stereocenters. The smallest absolute Gasteiger partial charge is 0.228 e. The van der Waals surface area contributed by atoms with Crippen molar-refractivity contribution in [2.45, 2.75) is 70.7 Å². The molecule has 1 heterocycles. The maximum absolute atomic E-state index is 14.1. The van der Waals surface area contributed by atoms with Crippen LogP contribution < -0.4 is 0 Å². The molecule has 178 valence electrons. The van der Waals surface area contributed by atoms with Crippen molar-refractivity contribution in [1.29, 1.82) is 0 Å². The number of hydrogen-bond donors (Lipinski definition) is 0. The van der Waals surface area contributed by atoms with Gasteiger partial charge >= 0.3 is 0 Å². The zero-order valence-electron chi connectivity index (χ0n) is 21.0. The Labute approximate surface area is 198 Å². The van der Waals surface area contributed by atoms with Gasteiger partial charge in [0, 0.05) is 32.4 Å². The average molecular weight is 451 g/mol. The second-order valence-corrected chi connectivity index (χ2v) is 10.4. The van der Waals surface area contributed by atoms with Gasteiger partial charge in [0.15, 0.2) is 0 Å². The topological polar surface area (TPSA) is 49.9 Å². The summed E-state index contributed by atoms with van der Waals surface area (Å²) in [5, 5.41) is 0. The number of amides is 2. The van der Waals surface area contributed by atoms with Crippen LogP contribution >= 0.6 is 0 Å². The van der Waals surface area contributed by atoms with E-state index in [1.165, 1.54) is 5.56 Å². The van der Waals surface area contributed by atoms with Crippen LogP contribution in [0, 0.1) is 5.92 Å². The lowest BCUT2D eigenvalue weighted by molar-refractivity contribution is -0.154. The van der Waals surface area contributed by atoms with Crippen LogP contribution in [0.4, 0.5) is 0 Å². The number of carbonyl (C=O) groups is 2. The van der Waals surface area contributed by atoms with E-state index in [1.807, 2.05) is 74.2 Å². The first-order valence-electron chi connectivity index (χ1n) is 11.8. The molecule has 2 aromatic carbocycles. The molecule has 33 heavy (non-hydrogen) atoms. The summed E-state index contributed by atoms with van der Waals surface area (Å²) >= 11 is 0. The molecule has 0 aliphatic carbocycles. The quantitative estimate of drug-likeness (QED) is 0.605. The largest absolute Gasteiger partial charge is 0.349 e. The van der Waals surface area contributed by atoms with E-state index < -0.39 is 11.3 Å². The molecule has 2 amide bonds. The molecule has 1 aliphatic heterocycles. The van der Waals surface area contributed by atoms with Gasteiger partial charge in [-0.2, -0.15) is 0 Å². The number of rotatable bonds is 7. The lowest BCUT2D eigenvalue weighted by Crippen LogP contribution is -2.53. The first kappa shape index (κ1) is 25.0. The Morgan fingerprint density at radius 3 is 2.06 bits per heavy atom. The summed E-state index contributed by atoms with van der Waals surface area (Å²) in [5.41, 5.74) is 0.924. The van der Waals surface area contributed by atoms with Crippen molar-refractivity contribution in [3.63, 3.8) is 0 Å². The summed E-state index contributed by atoms with van der Waals surface area (Å²) in [5.74, 6) is -0.564. The molecule has 0 spiro atoms. The Hall–Kier alpha value is -2.66. The molecule has 0 aromatic heterocycles. The molecular weight excluding hydrogens is 412 g/mol. The molecule has 1 fully saturated rings. The summed E-state index contributed by atoms with van der Waals surface area (Å²) in [6, 6.07) is 20.0. The Balaban J connectivity index is 1.96.